The molecule has 0 saturated carbocycles. The van der Waals surface area contributed by atoms with Crippen molar-refractivity contribution in [2.45, 2.75) is 39.7 Å². The number of carbonyl (C=O) groups excluding carboxylic acids is 1. The van der Waals surface area contributed by atoms with Crippen LogP contribution in [0, 0.1) is 6.92 Å². The molecule has 0 radical (unpaired) electrons. The fourth-order valence-electron chi connectivity index (χ4n) is 3.44. The minimum absolute atomic E-state index is 0.151. The average Bonchev–Trinajstić information content (AvgIpc) is 3.41. The molecule has 32 heavy (non-hydrogen) atoms. The Balaban J connectivity index is 1.39. The second-order valence-corrected chi connectivity index (χ2v) is 7.54. The van der Waals surface area contributed by atoms with Gasteiger partial charge in [0.15, 0.2) is 0 Å². The van der Waals surface area contributed by atoms with Crippen molar-refractivity contribution in [3.8, 4) is 11.5 Å². The molecule has 0 bridgehead atoms. The number of nitrogens with one attached hydrogen (secondary N) is 1. The van der Waals surface area contributed by atoms with Crippen LogP contribution in [0.4, 0.5) is 5.95 Å². The molecule has 0 unspecified atom stereocenters. The minimum Gasteiger partial charge on any atom is -0.421 e. The highest BCUT2D eigenvalue weighted by atomic mass is 16.5. The van der Waals surface area contributed by atoms with E-state index in [2.05, 4.69) is 20.5 Å². The molecule has 0 atom stereocenters. The summed E-state index contributed by atoms with van der Waals surface area (Å²) < 4.78 is 13.2. The first-order valence-corrected chi connectivity index (χ1v) is 10.9. The van der Waals surface area contributed by atoms with Gasteiger partial charge < -0.3 is 13.7 Å². The third kappa shape index (κ3) is 5.20. The summed E-state index contributed by atoms with van der Waals surface area (Å²) in [6, 6.07) is 15.7. The first-order chi connectivity index (χ1) is 15.6. The molecule has 1 N–H and O–H groups in total. The van der Waals surface area contributed by atoms with Crippen LogP contribution in [0.15, 0.2) is 52.9 Å². The maximum absolute atomic E-state index is 12.6. The summed E-state index contributed by atoms with van der Waals surface area (Å²) >= 11 is 0. The number of benzene rings is 2. The van der Waals surface area contributed by atoms with E-state index in [0.29, 0.717) is 43.9 Å². The van der Waals surface area contributed by atoms with Gasteiger partial charge in [-0.25, -0.2) is 4.98 Å². The molecular formula is C24H27N5O3. The molecule has 0 aliphatic rings. The Hall–Kier alpha value is -3.52. The van der Waals surface area contributed by atoms with Crippen molar-refractivity contribution in [2.24, 2.45) is 0 Å². The summed E-state index contributed by atoms with van der Waals surface area (Å²) in [5.74, 6) is 1.28. The van der Waals surface area contributed by atoms with Gasteiger partial charge in [-0.2, -0.15) is 0 Å². The normalized spacial score (nSPS) is 11.2. The number of aryl methyl sites for hydroxylation is 3. The summed E-state index contributed by atoms with van der Waals surface area (Å²) in [5.41, 5.74) is 3.85. The summed E-state index contributed by atoms with van der Waals surface area (Å²) in [7, 11) is 0. The van der Waals surface area contributed by atoms with Crippen molar-refractivity contribution in [3.05, 3.63) is 60.0 Å². The molecule has 2 aromatic carbocycles. The number of anilines is 1. The van der Waals surface area contributed by atoms with Crippen molar-refractivity contribution in [3.63, 3.8) is 0 Å². The van der Waals surface area contributed by atoms with E-state index < -0.39 is 0 Å². The quantitative estimate of drug-likeness (QED) is 0.373. The molecule has 8 heteroatoms. The highest BCUT2D eigenvalue weighted by Gasteiger charge is 2.15. The van der Waals surface area contributed by atoms with E-state index in [0.717, 1.165) is 28.6 Å². The van der Waals surface area contributed by atoms with Gasteiger partial charge in [-0.1, -0.05) is 29.8 Å². The van der Waals surface area contributed by atoms with E-state index in [-0.39, 0.29) is 12.3 Å². The molecule has 0 aliphatic carbocycles. The molecule has 0 fully saturated rings. The van der Waals surface area contributed by atoms with E-state index in [1.54, 1.807) is 0 Å². The molecule has 1 amide bonds. The number of nitrogens with zero attached hydrogens (tertiary/aromatic N) is 4. The number of para-hydroxylation sites is 2. The van der Waals surface area contributed by atoms with Gasteiger partial charge in [0.1, 0.15) is 0 Å². The summed E-state index contributed by atoms with van der Waals surface area (Å²) in [5, 5.41) is 11.1. The van der Waals surface area contributed by atoms with Gasteiger partial charge in [-0.3, -0.25) is 10.1 Å². The Bertz CT molecular complexity index is 1180. The zero-order valence-electron chi connectivity index (χ0n) is 18.4. The van der Waals surface area contributed by atoms with Crippen molar-refractivity contribution in [2.75, 3.05) is 18.5 Å². The number of ether oxygens (including phenoxy) is 1. The maximum Gasteiger partial charge on any atom is 0.247 e. The van der Waals surface area contributed by atoms with Crippen LogP contribution in [0.1, 0.15) is 31.2 Å². The van der Waals surface area contributed by atoms with Crippen molar-refractivity contribution < 1.29 is 13.9 Å². The van der Waals surface area contributed by atoms with Crippen LogP contribution in [-0.4, -0.2) is 38.9 Å². The lowest BCUT2D eigenvalue weighted by Crippen LogP contribution is -2.17. The lowest BCUT2D eigenvalue weighted by molar-refractivity contribution is -0.116. The fourth-order valence-corrected chi connectivity index (χ4v) is 3.44. The van der Waals surface area contributed by atoms with Crippen LogP contribution in [0.25, 0.3) is 22.5 Å². The number of rotatable bonds is 10. The van der Waals surface area contributed by atoms with Crippen molar-refractivity contribution in [1.82, 2.24) is 19.7 Å². The summed E-state index contributed by atoms with van der Waals surface area (Å²) in [6.45, 7) is 6.06. The monoisotopic (exact) mass is 433 g/mol. The fraction of sp³-hybridized carbons (Fsp3) is 0.333. The highest BCUT2D eigenvalue weighted by Crippen LogP contribution is 2.21. The van der Waals surface area contributed by atoms with E-state index in [4.69, 9.17) is 9.15 Å². The lowest BCUT2D eigenvalue weighted by Gasteiger charge is -2.10. The topological polar surface area (TPSA) is 95.1 Å². The summed E-state index contributed by atoms with van der Waals surface area (Å²) in [4.78, 5) is 17.2. The second-order valence-electron chi connectivity index (χ2n) is 7.54. The summed E-state index contributed by atoms with van der Waals surface area (Å²) in [6.07, 6.45) is 1.41. The zero-order chi connectivity index (χ0) is 22.3. The van der Waals surface area contributed by atoms with E-state index >= 15 is 0 Å². The molecule has 2 heterocycles. The number of hydrogen-bond acceptors (Lipinski definition) is 6. The van der Waals surface area contributed by atoms with Gasteiger partial charge >= 0.3 is 0 Å². The molecule has 166 valence electrons. The number of hydrogen-bond donors (Lipinski definition) is 1. The van der Waals surface area contributed by atoms with Gasteiger partial charge in [-0.05, 0) is 44.5 Å². The van der Waals surface area contributed by atoms with Gasteiger partial charge in [0.25, 0.3) is 0 Å². The molecule has 2 aromatic heterocycles. The van der Waals surface area contributed by atoms with Gasteiger partial charge in [0, 0.05) is 38.2 Å². The Morgan fingerprint density at radius 1 is 1.12 bits per heavy atom. The Morgan fingerprint density at radius 3 is 2.75 bits per heavy atom. The number of imidazole rings is 1. The molecule has 0 spiro atoms. The van der Waals surface area contributed by atoms with Gasteiger partial charge in [0.05, 0.1) is 11.0 Å². The smallest absolute Gasteiger partial charge is 0.247 e. The van der Waals surface area contributed by atoms with Crippen LogP contribution in [0.2, 0.25) is 0 Å². The molecule has 0 aliphatic heterocycles. The second kappa shape index (κ2) is 10.2. The van der Waals surface area contributed by atoms with E-state index in [1.165, 1.54) is 0 Å². The zero-order valence-corrected chi connectivity index (χ0v) is 18.4. The standard InChI is InChI=1S/C24H27N5O3/c1-3-31-16-6-15-29-20-8-5-4-7-19(20)25-24(29)26-21(30)13-14-22-27-28-23(32-22)18-11-9-17(2)10-12-18/h4-5,7-12H,3,6,13-16H2,1-2H3,(H,25,26,30). The Labute approximate surface area is 186 Å². The van der Waals surface area contributed by atoms with Gasteiger partial charge in [-0.15, -0.1) is 10.2 Å². The predicted molar refractivity (Wildman–Crippen MR) is 122 cm³/mol. The first-order valence-electron chi connectivity index (χ1n) is 10.9. The lowest BCUT2D eigenvalue weighted by atomic mass is 10.1. The van der Waals surface area contributed by atoms with E-state index in [9.17, 15) is 4.79 Å². The third-order valence-corrected chi connectivity index (χ3v) is 5.11. The average molecular weight is 434 g/mol. The maximum atomic E-state index is 12.6. The van der Waals surface area contributed by atoms with Crippen molar-refractivity contribution >= 4 is 22.9 Å². The van der Waals surface area contributed by atoms with Crippen LogP contribution in [0.5, 0.6) is 0 Å². The highest BCUT2D eigenvalue weighted by molar-refractivity contribution is 5.91. The number of carbonyl (C=O) groups is 1. The molecular weight excluding hydrogens is 406 g/mol. The number of amides is 1. The first kappa shape index (κ1) is 21.7. The van der Waals surface area contributed by atoms with E-state index in [1.807, 2.05) is 66.9 Å². The largest absolute Gasteiger partial charge is 0.421 e. The predicted octanol–water partition coefficient (Wildman–Crippen LogP) is 4.39. The number of fused-ring (bicyclic) bond motifs is 1. The van der Waals surface area contributed by atoms with Crippen molar-refractivity contribution in [1.29, 1.82) is 0 Å². The molecule has 4 aromatic rings. The number of aromatic nitrogens is 4. The van der Waals surface area contributed by atoms with Crippen LogP contribution >= 0.6 is 0 Å². The molecule has 0 saturated heterocycles. The third-order valence-electron chi connectivity index (χ3n) is 5.11. The van der Waals surface area contributed by atoms with Crippen LogP contribution < -0.4 is 5.32 Å². The minimum atomic E-state index is -0.151. The van der Waals surface area contributed by atoms with Crippen LogP contribution in [0.3, 0.4) is 0 Å². The molecule has 4 rings (SSSR count). The molecule has 8 nitrogen and oxygen atoms in total. The van der Waals surface area contributed by atoms with Crippen LogP contribution in [-0.2, 0) is 22.5 Å². The SMILES string of the molecule is CCOCCCn1c(NC(=O)CCc2nnc(-c3ccc(C)cc3)o2)nc2ccccc21. The Morgan fingerprint density at radius 2 is 1.94 bits per heavy atom. The van der Waals surface area contributed by atoms with Gasteiger partial charge in [0.2, 0.25) is 23.6 Å². The Kier molecular flexibility index (Phi) is 6.91.